The molecule has 0 saturated carbocycles. The van der Waals surface area contributed by atoms with Crippen molar-refractivity contribution in [1.82, 2.24) is 15.2 Å². The Morgan fingerprint density at radius 2 is 1.96 bits per heavy atom. The molecule has 1 aromatic heterocycles. The average molecular weight is 391 g/mol. The Labute approximate surface area is 148 Å². The largest absolute Gasteiger partial charge is 0.378 e. The summed E-state index contributed by atoms with van der Waals surface area (Å²) in [6.45, 7) is 4.18. The lowest BCUT2D eigenvalue weighted by atomic mass is 10.1. The SMILES string of the molecule is O=C(NC1CN(c2ccc3ccc(Br)cc3n2)C1)N1CCOCC1. The number of amides is 2. The summed E-state index contributed by atoms with van der Waals surface area (Å²) >= 11 is 3.48. The van der Waals surface area contributed by atoms with Crippen molar-refractivity contribution in [1.29, 1.82) is 0 Å². The van der Waals surface area contributed by atoms with E-state index in [1.807, 2.05) is 23.1 Å². The zero-order valence-electron chi connectivity index (χ0n) is 13.2. The molecule has 2 aliphatic heterocycles. The summed E-state index contributed by atoms with van der Waals surface area (Å²) in [4.78, 5) is 20.9. The van der Waals surface area contributed by atoms with E-state index in [1.54, 1.807) is 0 Å². The van der Waals surface area contributed by atoms with E-state index in [4.69, 9.17) is 9.72 Å². The van der Waals surface area contributed by atoms with Crippen LogP contribution in [0.5, 0.6) is 0 Å². The van der Waals surface area contributed by atoms with Crippen molar-refractivity contribution >= 4 is 38.7 Å². The second kappa shape index (κ2) is 6.57. The number of carbonyl (C=O) groups is 1. The third-order valence-electron chi connectivity index (χ3n) is 4.47. The first-order chi connectivity index (χ1) is 11.7. The number of hydrogen-bond acceptors (Lipinski definition) is 4. The van der Waals surface area contributed by atoms with E-state index >= 15 is 0 Å². The number of anilines is 1. The van der Waals surface area contributed by atoms with Crippen LogP contribution in [0, 0.1) is 0 Å². The fourth-order valence-electron chi connectivity index (χ4n) is 3.04. The Kier molecular flexibility index (Phi) is 4.28. The van der Waals surface area contributed by atoms with Crippen LogP contribution in [-0.4, -0.2) is 61.3 Å². The number of rotatable bonds is 2. The molecule has 2 aliphatic rings. The monoisotopic (exact) mass is 390 g/mol. The van der Waals surface area contributed by atoms with Gasteiger partial charge in [-0.15, -0.1) is 0 Å². The van der Waals surface area contributed by atoms with E-state index in [-0.39, 0.29) is 12.1 Å². The lowest BCUT2D eigenvalue weighted by molar-refractivity contribution is 0.0522. The van der Waals surface area contributed by atoms with Crippen LogP contribution in [0.25, 0.3) is 10.9 Å². The van der Waals surface area contributed by atoms with Gasteiger partial charge in [0.15, 0.2) is 0 Å². The highest BCUT2D eigenvalue weighted by atomic mass is 79.9. The predicted molar refractivity (Wildman–Crippen MR) is 96.4 cm³/mol. The minimum atomic E-state index is 0.0124. The number of benzene rings is 1. The number of hydrogen-bond donors (Lipinski definition) is 1. The van der Waals surface area contributed by atoms with Crippen LogP contribution < -0.4 is 10.2 Å². The van der Waals surface area contributed by atoms with Crippen LogP contribution in [0.1, 0.15) is 0 Å². The Morgan fingerprint density at radius 3 is 2.75 bits per heavy atom. The number of nitrogens with one attached hydrogen (secondary N) is 1. The van der Waals surface area contributed by atoms with Crippen LogP contribution >= 0.6 is 15.9 Å². The van der Waals surface area contributed by atoms with Crippen molar-refractivity contribution in [3.05, 3.63) is 34.8 Å². The first-order valence-corrected chi connectivity index (χ1v) is 8.93. The molecule has 2 saturated heterocycles. The van der Waals surface area contributed by atoms with E-state index in [9.17, 15) is 4.79 Å². The fraction of sp³-hybridized carbons (Fsp3) is 0.412. The maximum absolute atomic E-state index is 12.2. The number of aromatic nitrogens is 1. The van der Waals surface area contributed by atoms with Gasteiger partial charge in [-0.1, -0.05) is 22.0 Å². The molecule has 0 unspecified atom stereocenters. The number of nitrogens with zero attached hydrogens (tertiary/aromatic N) is 3. The molecule has 24 heavy (non-hydrogen) atoms. The summed E-state index contributed by atoms with van der Waals surface area (Å²) in [7, 11) is 0. The van der Waals surface area contributed by atoms with Crippen LogP contribution in [-0.2, 0) is 4.74 Å². The van der Waals surface area contributed by atoms with E-state index in [1.165, 1.54) is 0 Å². The second-order valence-electron chi connectivity index (χ2n) is 6.16. The molecule has 1 aromatic carbocycles. The highest BCUT2D eigenvalue weighted by Gasteiger charge is 2.30. The Bertz CT molecular complexity index is 757. The maximum atomic E-state index is 12.2. The zero-order chi connectivity index (χ0) is 16.5. The summed E-state index contributed by atoms with van der Waals surface area (Å²) in [5.74, 6) is 0.956. The van der Waals surface area contributed by atoms with E-state index in [0.29, 0.717) is 26.3 Å². The molecule has 7 heteroatoms. The van der Waals surface area contributed by atoms with Gasteiger partial charge in [-0.05, 0) is 24.3 Å². The molecule has 0 atom stereocenters. The van der Waals surface area contributed by atoms with Crippen LogP contribution in [0.2, 0.25) is 0 Å². The normalized spacial score (nSPS) is 18.5. The van der Waals surface area contributed by atoms with Gasteiger partial charge in [0.1, 0.15) is 5.82 Å². The van der Waals surface area contributed by atoms with Crippen molar-refractivity contribution in [2.24, 2.45) is 0 Å². The number of morpholine rings is 1. The van der Waals surface area contributed by atoms with Gasteiger partial charge in [-0.3, -0.25) is 0 Å². The van der Waals surface area contributed by atoms with Gasteiger partial charge < -0.3 is 19.9 Å². The predicted octanol–water partition coefficient (Wildman–Crippen LogP) is 2.23. The molecular weight excluding hydrogens is 372 g/mol. The van der Waals surface area contributed by atoms with Gasteiger partial charge in [0.05, 0.1) is 24.8 Å². The summed E-state index contributed by atoms with van der Waals surface area (Å²) in [6, 6.07) is 10.4. The molecule has 0 radical (unpaired) electrons. The minimum Gasteiger partial charge on any atom is -0.378 e. The quantitative estimate of drug-likeness (QED) is 0.853. The standard InChI is InChI=1S/C17H19BrN4O2/c18-13-3-1-12-2-4-16(20-15(12)9-13)22-10-14(11-22)19-17(23)21-5-7-24-8-6-21/h1-4,9,14H,5-8,10-11H2,(H,19,23). The molecule has 3 heterocycles. The molecule has 6 nitrogen and oxygen atoms in total. The minimum absolute atomic E-state index is 0.0124. The molecule has 2 amide bonds. The summed E-state index contributed by atoms with van der Waals surface area (Å²) in [5, 5.41) is 4.21. The lowest BCUT2D eigenvalue weighted by Gasteiger charge is -2.41. The number of halogens is 1. The summed E-state index contributed by atoms with van der Waals surface area (Å²) in [6.07, 6.45) is 0. The third kappa shape index (κ3) is 3.18. The Morgan fingerprint density at radius 1 is 1.21 bits per heavy atom. The average Bonchev–Trinajstić information content (AvgIpc) is 2.57. The number of pyridine rings is 1. The smallest absolute Gasteiger partial charge is 0.317 e. The molecular formula is C17H19BrN4O2. The van der Waals surface area contributed by atoms with Gasteiger partial charge in [-0.2, -0.15) is 0 Å². The molecule has 2 fully saturated rings. The van der Waals surface area contributed by atoms with Crippen LogP contribution in [0.3, 0.4) is 0 Å². The maximum Gasteiger partial charge on any atom is 0.317 e. The van der Waals surface area contributed by atoms with Gasteiger partial charge in [0.2, 0.25) is 0 Å². The molecule has 0 spiro atoms. The summed E-state index contributed by atoms with van der Waals surface area (Å²) < 4.78 is 6.30. The van der Waals surface area contributed by atoms with Crippen LogP contribution in [0.4, 0.5) is 10.6 Å². The number of urea groups is 1. The molecule has 2 aromatic rings. The van der Waals surface area contributed by atoms with Crippen molar-refractivity contribution in [2.45, 2.75) is 6.04 Å². The van der Waals surface area contributed by atoms with Crippen molar-refractivity contribution in [3.8, 4) is 0 Å². The fourth-order valence-corrected chi connectivity index (χ4v) is 3.39. The number of fused-ring (bicyclic) bond motifs is 1. The Balaban J connectivity index is 1.36. The lowest BCUT2D eigenvalue weighted by Crippen LogP contribution is -2.62. The Hall–Kier alpha value is -1.86. The molecule has 1 N–H and O–H groups in total. The first kappa shape index (κ1) is 15.7. The van der Waals surface area contributed by atoms with Gasteiger partial charge in [0, 0.05) is 36.0 Å². The number of carbonyl (C=O) groups excluding carboxylic acids is 1. The van der Waals surface area contributed by atoms with Gasteiger partial charge in [0.25, 0.3) is 0 Å². The van der Waals surface area contributed by atoms with E-state index < -0.39 is 0 Å². The van der Waals surface area contributed by atoms with Gasteiger partial charge >= 0.3 is 6.03 Å². The van der Waals surface area contributed by atoms with Crippen LogP contribution in [0.15, 0.2) is 34.8 Å². The molecule has 126 valence electrons. The first-order valence-electron chi connectivity index (χ1n) is 8.13. The molecule has 4 rings (SSSR count). The second-order valence-corrected chi connectivity index (χ2v) is 7.07. The highest BCUT2D eigenvalue weighted by molar-refractivity contribution is 9.10. The molecule has 0 aliphatic carbocycles. The topological polar surface area (TPSA) is 57.7 Å². The number of ether oxygens (including phenoxy) is 1. The van der Waals surface area contributed by atoms with E-state index in [2.05, 4.69) is 38.3 Å². The van der Waals surface area contributed by atoms with Crippen molar-refractivity contribution < 1.29 is 9.53 Å². The van der Waals surface area contributed by atoms with Crippen molar-refractivity contribution in [2.75, 3.05) is 44.3 Å². The highest BCUT2D eigenvalue weighted by Crippen LogP contribution is 2.24. The molecule has 0 bridgehead atoms. The van der Waals surface area contributed by atoms with E-state index in [0.717, 1.165) is 34.3 Å². The third-order valence-corrected chi connectivity index (χ3v) is 4.96. The van der Waals surface area contributed by atoms with Crippen molar-refractivity contribution in [3.63, 3.8) is 0 Å². The zero-order valence-corrected chi connectivity index (χ0v) is 14.8. The summed E-state index contributed by atoms with van der Waals surface area (Å²) in [5.41, 5.74) is 0.975. The van der Waals surface area contributed by atoms with Gasteiger partial charge in [-0.25, -0.2) is 9.78 Å².